The molecular weight excluding hydrogens is 130 g/mol. The number of Topliss-reactive ketones (excluding diaryl/α,β-unsaturated/α-hetero) is 1. The molecule has 54 valence electrons. The van der Waals surface area contributed by atoms with Gasteiger partial charge in [-0.15, -0.1) is 0 Å². The van der Waals surface area contributed by atoms with E-state index in [4.69, 9.17) is 10.00 Å². The van der Waals surface area contributed by atoms with Gasteiger partial charge < -0.3 is 4.74 Å². The second kappa shape index (κ2) is 2.06. The Kier molecular flexibility index (Phi) is 1.49. The Labute approximate surface area is 59.6 Å². The van der Waals surface area contributed by atoms with Crippen molar-refractivity contribution in [3.05, 3.63) is 0 Å². The summed E-state index contributed by atoms with van der Waals surface area (Å²) >= 11 is 0. The minimum atomic E-state index is -0.736. The van der Waals surface area contributed by atoms with Crippen molar-refractivity contribution in [3.63, 3.8) is 0 Å². The van der Waals surface area contributed by atoms with Gasteiger partial charge in [0.05, 0.1) is 12.7 Å². The monoisotopic (exact) mass is 139 g/mol. The van der Waals surface area contributed by atoms with Crippen LogP contribution in [0.1, 0.15) is 13.8 Å². The molecule has 10 heavy (non-hydrogen) atoms. The van der Waals surface area contributed by atoms with E-state index in [9.17, 15) is 4.79 Å². The van der Waals surface area contributed by atoms with E-state index in [0.29, 0.717) is 0 Å². The first-order chi connectivity index (χ1) is 4.58. The van der Waals surface area contributed by atoms with E-state index in [1.165, 1.54) is 0 Å². The van der Waals surface area contributed by atoms with E-state index in [-0.39, 0.29) is 12.4 Å². The zero-order valence-corrected chi connectivity index (χ0v) is 6.05. The molecule has 0 aromatic carbocycles. The molecule has 1 aliphatic rings. The van der Waals surface area contributed by atoms with Gasteiger partial charge in [0.2, 0.25) is 0 Å². The molecule has 1 saturated heterocycles. The lowest BCUT2D eigenvalue weighted by Gasteiger charge is -2.12. The third-order valence-corrected chi connectivity index (χ3v) is 1.68. The Morgan fingerprint density at radius 2 is 2.40 bits per heavy atom. The fourth-order valence-corrected chi connectivity index (χ4v) is 0.954. The topological polar surface area (TPSA) is 50.1 Å². The first-order valence-corrected chi connectivity index (χ1v) is 3.16. The van der Waals surface area contributed by atoms with Crippen LogP contribution in [0.3, 0.4) is 0 Å². The van der Waals surface area contributed by atoms with Crippen LogP contribution in [0.2, 0.25) is 0 Å². The van der Waals surface area contributed by atoms with E-state index < -0.39 is 11.5 Å². The Bertz CT molecular complexity index is 202. The van der Waals surface area contributed by atoms with Gasteiger partial charge in [-0.25, -0.2) is 0 Å². The highest BCUT2D eigenvalue weighted by Gasteiger charge is 2.41. The van der Waals surface area contributed by atoms with Gasteiger partial charge in [-0.2, -0.15) is 5.26 Å². The molecule has 0 spiro atoms. The van der Waals surface area contributed by atoms with Gasteiger partial charge in [0.25, 0.3) is 0 Å². The molecule has 0 saturated carbocycles. The van der Waals surface area contributed by atoms with Crippen molar-refractivity contribution >= 4 is 5.78 Å². The molecule has 1 fully saturated rings. The lowest BCUT2D eigenvalue weighted by atomic mass is 9.97. The van der Waals surface area contributed by atoms with Crippen LogP contribution in [-0.2, 0) is 9.53 Å². The van der Waals surface area contributed by atoms with Crippen molar-refractivity contribution in [2.75, 3.05) is 6.61 Å². The number of carbonyl (C=O) groups excluding carboxylic acids is 1. The van der Waals surface area contributed by atoms with E-state index in [1.807, 2.05) is 6.07 Å². The molecule has 3 nitrogen and oxygen atoms in total. The third-order valence-electron chi connectivity index (χ3n) is 1.68. The van der Waals surface area contributed by atoms with E-state index in [0.717, 1.165) is 0 Å². The van der Waals surface area contributed by atoms with Gasteiger partial charge >= 0.3 is 0 Å². The number of nitriles is 1. The summed E-state index contributed by atoms with van der Waals surface area (Å²) < 4.78 is 5.08. The summed E-state index contributed by atoms with van der Waals surface area (Å²) in [6.45, 7) is 3.63. The first-order valence-electron chi connectivity index (χ1n) is 3.16. The molecular formula is C7H9NO2. The molecule has 0 radical (unpaired) electrons. The minimum Gasteiger partial charge on any atom is -0.366 e. The predicted molar refractivity (Wildman–Crippen MR) is 34.1 cm³/mol. The molecule has 3 heteroatoms. The van der Waals surface area contributed by atoms with E-state index in [1.54, 1.807) is 13.8 Å². The first kappa shape index (κ1) is 7.23. The van der Waals surface area contributed by atoms with Crippen LogP contribution in [0.5, 0.6) is 0 Å². The number of hydrogen-bond acceptors (Lipinski definition) is 3. The van der Waals surface area contributed by atoms with Crippen LogP contribution in [0, 0.1) is 17.2 Å². The van der Waals surface area contributed by atoms with Crippen LogP contribution >= 0.6 is 0 Å². The summed E-state index contributed by atoms with van der Waals surface area (Å²) in [5.74, 6) is -0.648. The third kappa shape index (κ3) is 0.910. The number of rotatable bonds is 0. The molecule has 1 unspecified atom stereocenters. The number of hydrogen-bond donors (Lipinski definition) is 0. The van der Waals surface area contributed by atoms with Crippen molar-refractivity contribution in [2.45, 2.75) is 19.4 Å². The average Bonchev–Trinajstić information content (AvgIpc) is 2.10. The van der Waals surface area contributed by atoms with E-state index >= 15 is 0 Å². The second-order valence-electron chi connectivity index (χ2n) is 2.87. The summed E-state index contributed by atoms with van der Waals surface area (Å²) in [6, 6.07) is 1.89. The maximum Gasteiger partial charge on any atom is 0.183 e. The number of carbonyl (C=O) groups is 1. The van der Waals surface area contributed by atoms with Gasteiger partial charge in [-0.1, -0.05) is 0 Å². The van der Waals surface area contributed by atoms with Crippen molar-refractivity contribution in [1.29, 1.82) is 5.26 Å². The smallest absolute Gasteiger partial charge is 0.183 e. The molecule has 0 N–H and O–H groups in total. The molecule has 0 amide bonds. The standard InChI is InChI=1S/C7H9NO2/c1-7(2)6(9)5(3-8)4-10-7/h5H,4H2,1-2H3. The summed E-state index contributed by atoms with van der Waals surface area (Å²) in [6.07, 6.45) is 0. The van der Waals surface area contributed by atoms with Crippen molar-refractivity contribution in [1.82, 2.24) is 0 Å². The Morgan fingerprint density at radius 1 is 1.80 bits per heavy atom. The van der Waals surface area contributed by atoms with Gasteiger partial charge in [-0.05, 0) is 13.8 Å². The molecule has 1 aliphatic heterocycles. The molecule has 1 atom stereocenters. The fraction of sp³-hybridized carbons (Fsp3) is 0.714. The van der Waals surface area contributed by atoms with Crippen LogP contribution in [0.4, 0.5) is 0 Å². The highest BCUT2D eigenvalue weighted by atomic mass is 16.5. The van der Waals surface area contributed by atoms with Crippen LogP contribution in [0.15, 0.2) is 0 Å². The summed E-state index contributed by atoms with van der Waals surface area (Å²) in [4.78, 5) is 11.1. The molecule has 1 rings (SSSR count). The molecule has 1 heterocycles. The zero-order chi connectivity index (χ0) is 7.78. The van der Waals surface area contributed by atoms with Gasteiger partial charge in [-0.3, -0.25) is 4.79 Å². The number of ketones is 1. The van der Waals surface area contributed by atoms with E-state index in [2.05, 4.69) is 0 Å². The molecule has 0 bridgehead atoms. The number of nitrogens with zero attached hydrogens (tertiary/aromatic N) is 1. The largest absolute Gasteiger partial charge is 0.366 e. The summed E-state index contributed by atoms with van der Waals surface area (Å²) in [5, 5.41) is 8.42. The quantitative estimate of drug-likeness (QED) is 0.491. The lowest BCUT2D eigenvalue weighted by molar-refractivity contribution is -0.129. The van der Waals surface area contributed by atoms with Crippen LogP contribution < -0.4 is 0 Å². The zero-order valence-electron chi connectivity index (χ0n) is 6.05. The SMILES string of the molecule is CC1(C)OCC(C#N)C1=O. The Hall–Kier alpha value is -0.880. The fourth-order valence-electron chi connectivity index (χ4n) is 0.954. The molecule has 0 aliphatic carbocycles. The highest BCUT2D eigenvalue weighted by molar-refractivity contribution is 5.92. The average molecular weight is 139 g/mol. The maximum atomic E-state index is 11.1. The normalized spacial score (nSPS) is 30.1. The summed E-state index contributed by atoms with van der Waals surface area (Å²) in [7, 11) is 0. The lowest BCUT2D eigenvalue weighted by Crippen LogP contribution is -2.29. The molecule has 0 aromatic rings. The minimum absolute atomic E-state index is 0.102. The summed E-state index contributed by atoms with van der Waals surface area (Å²) in [5.41, 5.74) is -0.736. The van der Waals surface area contributed by atoms with Crippen LogP contribution in [0.25, 0.3) is 0 Å². The maximum absolute atomic E-state index is 11.1. The van der Waals surface area contributed by atoms with Gasteiger partial charge in [0.1, 0.15) is 11.5 Å². The van der Waals surface area contributed by atoms with Crippen molar-refractivity contribution in [2.24, 2.45) is 5.92 Å². The second-order valence-corrected chi connectivity index (χ2v) is 2.87. The van der Waals surface area contributed by atoms with Crippen molar-refractivity contribution < 1.29 is 9.53 Å². The Morgan fingerprint density at radius 3 is 2.60 bits per heavy atom. The number of ether oxygens (including phenoxy) is 1. The highest BCUT2D eigenvalue weighted by Crippen LogP contribution is 2.24. The predicted octanol–water partition coefficient (Wildman–Crippen LogP) is 0.504. The van der Waals surface area contributed by atoms with Gasteiger partial charge in [0, 0.05) is 0 Å². The molecule has 0 aromatic heterocycles. The van der Waals surface area contributed by atoms with Gasteiger partial charge in [0.15, 0.2) is 5.78 Å². The van der Waals surface area contributed by atoms with Crippen molar-refractivity contribution in [3.8, 4) is 6.07 Å². The Balaban J connectivity index is 2.80. The van der Waals surface area contributed by atoms with Crippen LogP contribution in [-0.4, -0.2) is 18.0 Å².